The fourth-order valence-electron chi connectivity index (χ4n) is 2.57. The number of quaternary nitrogens is 1. The summed E-state index contributed by atoms with van der Waals surface area (Å²) in [5.74, 6) is 0. The van der Waals surface area contributed by atoms with Gasteiger partial charge >= 0.3 is 0 Å². The second-order valence-corrected chi connectivity index (χ2v) is 7.60. The molecule has 0 atom stereocenters. The molecule has 0 unspecified atom stereocenters. The zero-order chi connectivity index (χ0) is 16.5. The van der Waals surface area contributed by atoms with Crippen LogP contribution in [0.2, 0.25) is 0 Å². The van der Waals surface area contributed by atoms with Crippen molar-refractivity contribution in [1.29, 1.82) is 0 Å². The number of hydrogen-bond donors (Lipinski definition) is 0. The Morgan fingerprint density at radius 1 is 0.591 bits per heavy atom. The normalized spacial score (nSPS) is 12.7. The molecule has 130 valence electrons. The van der Waals surface area contributed by atoms with Gasteiger partial charge in [-0.05, 0) is 44.9 Å². The molecule has 0 saturated heterocycles. The summed E-state index contributed by atoms with van der Waals surface area (Å²) in [4.78, 5) is 0. The Labute approximate surface area is 141 Å². The molecule has 0 heterocycles. The van der Waals surface area contributed by atoms with E-state index in [0.29, 0.717) is 0 Å². The summed E-state index contributed by atoms with van der Waals surface area (Å²) in [5.41, 5.74) is 0. The van der Waals surface area contributed by atoms with Gasteiger partial charge in [0.2, 0.25) is 0 Å². The highest BCUT2D eigenvalue weighted by Gasteiger charge is 2.04. The van der Waals surface area contributed by atoms with Crippen LogP contribution in [0.25, 0.3) is 0 Å². The van der Waals surface area contributed by atoms with Gasteiger partial charge in [0.25, 0.3) is 0 Å². The number of unbranched alkanes of at least 4 members (excludes halogenated alkanes) is 9. The minimum absolute atomic E-state index is 1.11. The first-order valence-corrected chi connectivity index (χ1v) is 9.66. The molecule has 0 aromatic carbocycles. The summed E-state index contributed by atoms with van der Waals surface area (Å²) in [5, 5.41) is 0. The average molecular weight is 309 g/mol. The van der Waals surface area contributed by atoms with Gasteiger partial charge in [-0.3, -0.25) is 0 Å². The lowest BCUT2D eigenvalue weighted by Gasteiger charge is -2.23. The third-order valence-electron chi connectivity index (χ3n) is 4.03. The smallest absolute Gasteiger partial charge is 0.0780 e. The third kappa shape index (κ3) is 19.4. The van der Waals surface area contributed by atoms with Crippen LogP contribution < -0.4 is 0 Å². The van der Waals surface area contributed by atoms with E-state index in [4.69, 9.17) is 0 Å². The first-order chi connectivity index (χ1) is 10.6. The van der Waals surface area contributed by atoms with Gasteiger partial charge in [-0.15, -0.1) is 0 Å². The monoisotopic (exact) mass is 308 g/mol. The minimum Gasteiger partial charge on any atom is -0.331 e. The molecular weight excluding hydrogens is 266 g/mol. The first kappa shape index (κ1) is 21.4. The van der Waals surface area contributed by atoms with Crippen molar-refractivity contribution in [3.8, 4) is 0 Å². The van der Waals surface area contributed by atoms with Crippen molar-refractivity contribution in [3.63, 3.8) is 0 Å². The maximum Gasteiger partial charge on any atom is 0.0780 e. The zero-order valence-electron chi connectivity index (χ0n) is 15.9. The van der Waals surface area contributed by atoms with Gasteiger partial charge in [0.1, 0.15) is 0 Å². The van der Waals surface area contributed by atoms with E-state index >= 15 is 0 Å². The zero-order valence-corrected chi connectivity index (χ0v) is 15.9. The predicted molar refractivity (Wildman–Crippen MR) is 102 cm³/mol. The topological polar surface area (TPSA) is 0 Å². The molecule has 0 radical (unpaired) electrons. The van der Waals surface area contributed by atoms with Crippen molar-refractivity contribution in [2.45, 2.75) is 84.0 Å². The van der Waals surface area contributed by atoms with E-state index in [-0.39, 0.29) is 0 Å². The van der Waals surface area contributed by atoms with E-state index in [1.165, 1.54) is 77.2 Å². The van der Waals surface area contributed by atoms with Gasteiger partial charge in [0.15, 0.2) is 0 Å². The Kier molecular flexibility index (Phi) is 14.9. The van der Waals surface area contributed by atoms with Crippen LogP contribution in [0.5, 0.6) is 0 Å². The van der Waals surface area contributed by atoms with E-state index in [0.717, 1.165) is 10.9 Å². The molecule has 0 aromatic heterocycles. The third-order valence-corrected chi connectivity index (χ3v) is 4.03. The van der Waals surface area contributed by atoms with Gasteiger partial charge in [0.05, 0.1) is 27.7 Å². The molecule has 0 amide bonds. The van der Waals surface area contributed by atoms with Crippen LogP contribution in [-0.2, 0) is 0 Å². The summed E-state index contributed by atoms with van der Waals surface area (Å²) >= 11 is 0. The summed E-state index contributed by atoms with van der Waals surface area (Å²) < 4.78 is 1.11. The maximum absolute atomic E-state index is 2.37. The van der Waals surface area contributed by atoms with Gasteiger partial charge in [-0.25, -0.2) is 0 Å². The highest BCUT2D eigenvalue weighted by molar-refractivity contribution is 4.92. The predicted octanol–water partition coefficient (Wildman–Crippen LogP) is 6.51. The van der Waals surface area contributed by atoms with Crippen molar-refractivity contribution in [2.24, 2.45) is 0 Å². The quantitative estimate of drug-likeness (QED) is 0.184. The Hall–Kier alpha value is -0.560. The molecule has 0 rings (SSSR count). The Morgan fingerprint density at radius 3 is 1.64 bits per heavy atom. The summed E-state index contributed by atoms with van der Waals surface area (Å²) in [7, 11) is 6.85. The van der Waals surface area contributed by atoms with Gasteiger partial charge in [-0.2, -0.15) is 0 Å². The SMILES string of the molecule is CCCCC/C=C/C/C=C/CCCCCCCC[N+](C)(C)C. The second-order valence-electron chi connectivity index (χ2n) is 7.60. The summed E-state index contributed by atoms with van der Waals surface area (Å²) in [6, 6.07) is 0. The van der Waals surface area contributed by atoms with Crippen LogP contribution in [0.1, 0.15) is 84.0 Å². The average Bonchev–Trinajstić information content (AvgIpc) is 2.45. The minimum atomic E-state index is 1.11. The lowest BCUT2D eigenvalue weighted by molar-refractivity contribution is -0.870. The van der Waals surface area contributed by atoms with Crippen LogP contribution in [0.4, 0.5) is 0 Å². The van der Waals surface area contributed by atoms with E-state index < -0.39 is 0 Å². The molecule has 0 aliphatic carbocycles. The van der Waals surface area contributed by atoms with E-state index in [1.54, 1.807) is 0 Å². The van der Waals surface area contributed by atoms with Crippen molar-refractivity contribution in [1.82, 2.24) is 0 Å². The molecule has 1 heteroatoms. The van der Waals surface area contributed by atoms with Crippen LogP contribution >= 0.6 is 0 Å². The number of allylic oxidation sites excluding steroid dienone is 4. The number of nitrogens with zero attached hydrogens (tertiary/aromatic N) is 1. The largest absolute Gasteiger partial charge is 0.331 e. The summed E-state index contributed by atoms with van der Waals surface area (Å²) in [6.07, 6.45) is 25.5. The second kappa shape index (κ2) is 15.3. The standard InChI is InChI=1S/C21H42N/c1-5-6-7-8-9-10-11-12-13-14-15-16-17-18-19-20-21-22(2,3)4/h9-10,12-13H,5-8,11,14-21H2,1-4H3/q+1/b10-9+,13-12+. The molecule has 0 N–H and O–H groups in total. The molecule has 0 spiro atoms. The molecule has 0 aliphatic heterocycles. The first-order valence-electron chi connectivity index (χ1n) is 9.66. The molecule has 22 heavy (non-hydrogen) atoms. The molecule has 0 aliphatic rings. The van der Waals surface area contributed by atoms with Crippen molar-refractivity contribution >= 4 is 0 Å². The fourth-order valence-corrected chi connectivity index (χ4v) is 2.57. The molecule has 0 aromatic rings. The van der Waals surface area contributed by atoms with E-state index in [2.05, 4.69) is 52.4 Å². The van der Waals surface area contributed by atoms with Crippen molar-refractivity contribution in [3.05, 3.63) is 24.3 Å². The molecule has 0 bridgehead atoms. The van der Waals surface area contributed by atoms with Crippen LogP contribution in [0, 0.1) is 0 Å². The molecule has 0 saturated carbocycles. The Morgan fingerprint density at radius 2 is 1.09 bits per heavy atom. The van der Waals surface area contributed by atoms with Crippen LogP contribution in [-0.4, -0.2) is 32.2 Å². The lowest BCUT2D eigenvalue weighted by Crippen LogP contribution is -2.35. The van der Waals surface area contributed by atoms with Gasteiger partial charge < -0.3 is 4.48 Å². The van der Waals surface area contributed by atoms with Crippen molar-refractivity contribution in [2.75, 3.05) is 27.7 Å². The molecule has 0 fully saturated rings. The number of hydrogen-bond acceptors (Lipinski definition) is 0. The van der Waals surface area contributed by atoms with E-state index in [9.17, 15) is 0 Å². The number of rotatable bonds is 15. The maximum atomic E-state index is 2.37. The Bertz CT molecular complexity index is 270. The fraction of sp³-hybridized carbons (Fsp3) is 0.810. The Balaban J connectivity index is 3.20. The van der Waals surface area contributed by atoms with Gasteiger partial charge in [0, 0.05) is 0 Å². The van der Waals surface area contributed by atoms with Crippen LogP contribution in [0.3, 0.4) is 0 Å². The molecule has 1 nitrogen and oxygen atoms in total. The summed E-state index contributed by atoms with van der Waals surface area (Å²) in [6.45, 7) is 3.58. The highest BCUT2D eigenvalue weighted by atomic mass is 15.3. The van der Waals surface area contributed by atoms with Gasteiger partial charge in [-0.1, -0.05) is 63.3 Å². The highest BCUT2D eigenvalue weighted by Crippen LogP contribution is 2.09. The van der Waals surface area contributed by atoms with Crippen LogP contribution in [0.15, 0.2) is 24.3 Å². The lowest BCUT2D eigenvalue weighted by atomic mass is 10.1. The van der Waals surface area contributed by atoms with Crippen molar-refractivity contribution < 1.29 is 4.48 Å². The van der Waals surface area contributed by atoms with E-state index in [1.807, 2.05) is 0 Å². The molecular formula is C21H42N+.